The molecule has 1 rings (SSSR count). The Morgan fingerprint density at radius 3 is 2.46 bits per heavy atom. The summed E-state index contributed by atoms with van der Waals surface area (Å²) in [5.74, 6) is -0.219. The van der Waals surface area contributed by atoms with Crippen molar-refractivity contribution in [2.24, 2.45) is 4.99 Å². The number of rotatable bonds is 7. The maximum Gasteiger partial charge on any atom is 0.406 e. The molecule has 2 N–H and O–H groups in total. The van der Waals surface area contributed by atoms with Crippen molar-refractivity contribution >= 4 is 11.9 Å². The third-order valence-electron chi connectivity index (χ3n) is 3.73. The number of amides is 1. The van der Waals surface area contributed by atoms with Gasteiger partial charge in [-0.1, -0.05) is 6.42 Å². The number of piperidine rings is 1. The molecule has 0 saturated carbocycles. The predicted octanol–water partition coefficient (Wildman–Crippen LogP) is 1.05. The van der Waals surface area contributed by atoms with E-state index in [2.05, 4.69) is 20.5 Å². The Bertz CT molecular complexity index is 408. The van der Waals surface area contributed by atoms with Gasteiger partial charge in [0.25, 0.3) is 0 Å². The minimum atomic E-state index is -4.40. The maximum atomic E-state index is 12.3. The van der Waals surface area contributed by atoms with Crippen LogP contribution in [0.15, 0.2) is 4.99 Å². The number of aliphatic imine (C=N–C) groups is 1. The first-order valence-corrected chi connectivity index (χ1v) is 8.37. The van der Waals surface area contributed by atoms with E-state index in [1.165, 1.54) is 19.3 Å². The zero-order valence-corrected chi connectivity index (χ0v) is 14.5. The van der Waals surface area contributed by atoms with Crippen LogP contribution in [0.25, 0.3) is 0 Å². The fourth-order valence-electron chi connectivity index (χ4n) is 2.48. The monoisotopic (exact) mass is 351 g/mol. The second-order valence-electron chi connectivity index (χ2n) is 5.89. The number of guanidine groups is 1. The minimum absolute atomic E-state index is 0.314. The average molecular weight is 351 g/mol. The van der Waals surface area contributed by atoms with Gasteiger partial charge >= 0.3 is 6.18 Å². The van der Waals surface area contributed by atoms with Gasteiger partial charge in [-0.15, -0.1) is 0 Å². The summed E-state index contributed by atoms with van der Waals surface area (Å²) in [5, 5.41) is 6.11. The fraction of sp³-hybridized carbons (Fsp3) is 0.867. The summed E-state index contributed by atoms with van der Waals surface area (Å²) >= 11 is 0. The summed E-state index contributed by atoms with van der Waals surface area (Å²) < 4.78 is 36.8. The Labute approximate surface area is 141 Å². The Balaban J connectivity index is 2.38. The molecule has 0 aromatic rings. The molecule has 1 aliphatic rings. The van der Waals surface area contributed by atoms with Crippen LogP contribution >= 0.6 is 0 Å². The number of hydrogen-bond acceptors (Lipinski definition) is 3. The Morgan fingerprint density at radius 2 is 1.88 bits per heavy atom. The lowest BCUT2D eigenvalue weighted by atomic mass is 10.1. The third-order valence-corrected chi connectivity index (χ3v) is 3.73. The molecule has 0 aromatic heterocycles. The average Bonchev–Trinajstić information content (AvgIpc) is 2.51. The summed E-state index contributed by atoms with van der Waals surface area (Å²) in [7, 11) is 1.13. The quantitative estimate of drug-likeness (QED) is 0.532. The van der Waals surface area contributed by atoms with Gasteiger partial charge in [-0.3, -0.25) is 4.79 Å². The summed E-state index contributed by atoms with van der Waals surface area (Å²) in [6, 6.07) is 0. The molecule has 0 spiro atoms. The number of likely N-dealkylation sites (N-methyl/N-ethyl adjacent to an activating group) is 1. The largest absolute Gasteiger partial charge is 0.406 e. The van der Waals surface area contributed by atoms with E-state index in [1.807, 2.05) is 6.92 Å². The van der Waals surface area contributed by atoms with Crippen molar-refractivity contribution in [1.29, 1.82) is 0 Å². The summed E-state index contributed by atoms with van der Waals surface area (Å²) in [4.78, 5) is 18.8. The highest BCUT2D eigenvalue weighted by molar-refractivity contribution is 5.84. The highest BCUT2D eigenvalue weighted by Crippen LogP contribution is 2.15. The number of halogens is 3. The summed E-state index contributed by atoms with van der Waals surface area (Å²) in [6.45, 7) is 4.67. The molecule has 0 aromatic carbocycles. The molecule has 0 radical (unpaired) electrons. The van der Waals surface area contributed by atoms with Gasteiger partial charge in [-0.2, -0.15) is 13.2 Å². The van der Waals surface area contributed by atoms with Crippen LogP contribution < -0.4 is 10.6 Å². The zero-order chi connectivity index (χ0) is 18.0. The molecule has 24 heavy (non-hydrogen) atoms. The maximum absolute atomic E-state index is 12.3. The smallest absolute Gasteiger partial charge is 0.357 e. The Kier molecular flexibility index (Phi) is 8.88. The van der Waals surface area contributed by atoms with E-state index in [9.17, 15) is 18.0 Å². The van der Waals surface area contributed by atoms with E-state index in [-0.39, 0.29) is 6.54 Å². The van der Waals surface area contributed by atoms with Gasteiger partial charge in [0.2, 0.25) is 5.91 Å². The molecule has 1 heterocycles. The second-order valence-corrected chi connectivity index (χ2v) is 5.89. The first kappa shape index (κ1) is 20.5. The van der Waals surface area contributed by atoms with E-state index < -0.39 is 18.6 Å². The molecule has 140 valence electrons. The molecular formula is C15H28F3N5O. The molecule has 9 heteroatoms. The fourth-order valence-corrected chi connectivity index (χ4v) is 2.48. The number of alkyl halides is 3. The van der Waals surface area contributed by atoms with Crippen molar-refractivity contribution in [3.8, 4) is 0 Å². The third kappa shape index (κ3) is 8.95. The lowest BCUT2D eigenvalue weighted by molar-refractivity contribution is -0.157. The molecule has 1 aliphatic heterocycles. The van der Waals surface area contributed by atoms with Crippen LogP contribution in [-0.4, -0.2) is 80.7 Å². The van der Waals surface area contributed by atoms with E-state index >= 15 is 0 Å². The SMILES string of the molecule is CCNC(=NCC(=O)N(C)CC(F)(F)F)NCCN1CCCCC1. The predicted molar refractivity (Wildman–Crippen MR) is 88.0 cm³/mol. The van der Waals surface area contributed by atoms with E-state index in [0.717, 1.165) is 26.7 Å². The number of nitrogens with zero attached hydrogens (tertiary/aromatic N) is 3. The van der Waals surface area contributed by atoms with Gasteiger partial charge in [0.1, 0.15) is 13.1 Å². The number of hydrogen-bond donors (Lipinski definition) is 2. The normalized spacial score (nSPS) is 16.8. The van der Waals surface area contributed by atoms with Crippen molar-refractivity contribution in [2.45, 2.75) is 32.4 Å². The number of carbonyl (C=O) groups is 1. The van der Waals surface area contributed by atoms with Gasteiger partial charge < -0.3 is 20.4 Å². The minimum Gasteiger partial charge on any atom is -0.357 e. The van der Waals surface area contributed by atoms with Gasteiger partial charge in [0.05, 0.1) is 0 Å². The summed E-state index contributed by atoms with van der Waals surface area (Å²) in [6.07, 6.45) is -0.685. The van der Waals surface area contributed by atoms with Crippen LogP contribution in [0.2, 0.25) is 0 Å². The lowest BCUT2D eigenvalue weighted by Crippen LogP contribution is -2.43. The van der Waals surface area contributed by atoms with Crippen LogP contribution in [-0.2, 0) is 4.79 Å². The second kappa shape index (κ2) is 10.4. The molecule has 1 fully saturated rings. The molecule has 0 unspecified atom stereocenters. The number of likely N-dealkylation sites (tertiary alicyclic amines) is 1. The molecule has 6 nitrogen and oxygen atoms in total. The first-order valence-electron chi connectivity index (χ1n) is 8.37. The van der Waals surface area contributed by atoms with Crippen LogP contribution in [0.4, 0.5) is 13.2 Å². The molecule has 0 atom stereocenters. The topological polar surface area (TPSA) is 60.0 Å². The van der Waals surface area contributed by atoms with Crippen LogP contribution in [0.3, 0.4) is 0 Å². The Morgan fingerprint density at radius 1 is 1.21 bits per heavy atom. The number of carbonyl (C=O) groups excluding carboxylic acids is 1. The van der Waals surface area contributed by atoms with Crippen molar-refractivity contribution in [2.75, 3.05) is 52.9 Å². The van der Waals surface area contributed by atoms with E-state index in [4.69, 9.17) is 0 Å². The highest BCUT2D eigenvalue weighted by atomic mass is 19.4. The molecule has 0 bridgehead atoms. The highest BCUT2D eigenvalue weighted by Gasteiger charge is 2.31. The van der Waals surface area contributed by atoms with Gasteiger partial charge in [0.15, 0.2) is 5.96 Å². The van der Waals surface area contributed by atoms with Crippen LogP contribution in [0, 0.1) is 0 Å². The number of nitrogens with one attached hydrogen (secondary N) is 2. The van der Waals surface area contributed by atoms with Crippen LogP contribution in [0.1, 0.15) is 26.2 Å². The standard InChI is InChI=1S/C15H28F3N5O/c1-3-19-14(20-7-10-23-8-5-4-6-9-23)21-11-13(24)22(2)12-15(16,17)18/h3-12H2,1-2H3,(H2,19,20,21). The molecule has 0 aliphatic carbocycles. The molecular weight excluding hydrogens is 323 g/mol. The van der Waals surface area contributed by atoms with Crippen molar-refractivity contribution < 1.29 is 18.0 Å². The van der Waals surface area contributed by atoms with Gasteiger partial charge in [-0.25, -0.2) is 4.99 Å². The van der Waals surface area contributed by atoms with E-state index in [1.54, 1.807) is 0 Å². The van der Waals surface area contributed by atoms with Crippen LogP contribution in [0.5, 0.6) is 0 Å². The first-order chi connectivity index (χ1) is 11.3. The van der Waals surface area contributed by atoms with Gasteiger partial charge in [0, 0.05) is 26.7 Å². The van der Waals surface area contributed by atoms with Crippen molar-refractivity contribution in [3.05, 3.63) is 0 Å². The summed E-state index contributed by atoms with van der Waals surface area (Å²) in [5.41, 5.74) is 0. The molecule has 1 amide bonds. The Hall–Kier alpha value is -1.51. The zero-order valence-electron chi connectivity index (χ0n) is 14.5. The molecule has 1 saturated heterocycles. The lowest BCUT2D eigenvalue weighted by Gasteiger charge is -2.26. The van der Waals surface area contributed by atoms with Gasteiger partial charge in [-0.05, 0) is 32.9 Å². The van der Waals surface area contributed by atoms with Crippen molar-refractivity contribution in [3.63, 3.8) is 0 Å². The van der Waals surface area contributed by atoms with E-state index in [0.29, 0.717) is 23.9 Å². The van der Waals surface area contributed by atoms with Crippen molar-refractivity contribution in [1.82, 2.24) is 20.4 Å².